The van der Waals surface area contributed by atoms with Gasteiger partial charge < -0.3 is 0 Å². The molecule has 0 fully saturated rings. The van der Waals surface area contributed by atoms with Crippen LogP contribution < -0.4 is 20.7 Å². The summed E-state index contributed by atoms with van der Waals surface area (Å²) >= 11 is 8.99. The van der Waals surface area contributed by atoms with Gasteiger partial charge in [-0.05, 0) is 54.4 Å². The molecule has 0 radical (unpaired) electrons. The summed E-state index contributed by atoms with van der Waals surface area (Å²) in [6.07, 6.45) is 2.29. The average molecular weight is 633 g/mol. The highest BCUT2D eigenvalue weighted by molar-refractivity contribution is 9.27. The topological polar surface area (TPSA) is 0 Å². The summed E-state index contributed by atoms with van der Waals surface area (Å²) in [6, 6.07) is 43.1. The van der Waals surface area contributed by atoms with Crippen LogP contribution in [0.1, 0.15) is 26.7 Å². The van der Waals surface area contributed by atoms with Gasteiger partial charge in [0.25, 0.3) is 0 Å². The molecular weight excluding hydrogens is 600 g/mol. The average Bonchev–Trinajstić information content (AvgIpc) is 2.92. The van der Waals surface area contributed by atoms with E-state index in [4.69, 9.17) is 0 Å². The van der Waals surface area contributed by atoms with E-state index in [2.05, 4.69) is 154 Å². The van der Waals surface area contributed by atoms with Gasteiger partial charge >= 0.3 is 0 Å². The predicted octanol–water partition coefficient (Wildman–Crippen LogP) is 7.72. The maximum Gasteiger partial charge on any atom is 0.192 e. The molecule has 0 aliphatic heterocycles. The Morgan fingerprint density at radius 3 is 1.00 bits per heavy atom. The van der Waals surface area contributed by atoms with Crippen LogP contribution in [0, 0.1) is 0 Å². The molecule has 0 aromatic heterocycles. The summed E-state index contributed by atoms with van der Waals surface area (Å²) in [4.78, 5) is 0. The molecule has 0 bridgehead atoms. The molecule has 5 aromatic carbocycles. The van der Waals surface area contributed by atoms with Crippen LogP contribution in [0.25, 0.3) is 21.5 Å². The maximum absolute atomic E-state index is 4.49. The molecule has 0 aliphatic rings. The zero-order chi connectivity index (χ0) is 25.2. The Hall–Kier alpha value is -1.99. The molecule has 5 rings (SSSR count). The Morgan fingerprint density at radius 2 is 0.722 bits per heavy atom. The van der Waals surface area contributed by atoms with Gasteiger partial charge in [-0.1, -0.05) is 136 Å². The van der Waals surface area contributed by atoms with Gasteiger partial charge in [-0.2, -0.15) is 0 Å². The molecule has 0 nitrogen and oxygen atoms in total. The second kappa shape index (κ2) is 10.8. The van der Waals surface area contributed by atoms with Gasteiger partial charge in [-0.3, -0.25) is 0 Å². The molecule has 182 valence electrons. The largest absolute Gasteiger partial charge is 0.192 e. The fraction of sp³-hybridized carbons (Fsp3) is 0.188. The third-order valence-corrected chi connectivity index (χ3v) is 22.4. The van der Waals surface area contributed by atoms with E-state index in [1.54, 1.807) is 0 Å². The second-order valence-electron chi connectivity index (χ2n) is 9.68. The summed E-state index contributed by atoms with van der Waals surface area (Å²) in [6.45, 7) is 0.239. The predicted molar refractivity (Wildman–Crippen MR) is 172 cm³/mol. The molecule has 0 heterocycles. The van der Waals surface area contributed by atoms with Crippen molar-refractivity contribution in [1.29, 1.82) is 0 Å². The molecular formula is C32H32Br2Si2. The number of rotatable bonds is 8. The van der Waals surface area contributed by atoms with Crippen molar-refractivity contribution in [2.45, 2.75) is 38.8 Å². The summed E-state index contributed by atoms with van der Waals surface area (Å²) in [5.41, 5.74) is 0. The van der Waals surface area contributed by atoms with Crippen molar-refractivity contribution in [3.8, 4) is 0 Å². The van der Waals surface area contributed by atoms with Crippen molar-refractivity contribution < 1.29 is 0 Å². The first-order valence-electron chi connectivity index (χ1n) is 13.0. The van der Waals surface area contributed by atoms with E-state index in [1.165, 1.54) is 42.3 Å². The van der Waals surface area contributed by atoms with Gasteiger partial charge in [0, 0.05) is 0 Å². The number of hydrogen-bond acceptors (Lipinski definition) is 0. The molecule has 0 spiro atoms. The first-order chi connectivity index (χ1) is 17.5. The lowest BCUT2D eigenvalue weighted by atomic mass is 10.0. The molecule has 0 N–H and O–H groups in total. The van der Waals surface area contributed by atoms with Crippen LogP contribution in [-0.2, 0) is 0 Å². The van der Waals surface area contributed by atoms with Gasteiger partial charge in [0.05, 0.1) is 0 Å². The monoisotopic (exact) mass is 630 g/mol. The minimum Gasteiger partial charge on any atom is -0.114 e. The summed E-state index contributed by atoms with van der Waals surface area (Å²) < 4.78 is 0. The van der Waals surface area contributed by atoms with E-state index < -0.39 is 13.4 Å². The van der Waals surface area contributed by atoms with Crippen LogP contribution >= 0.6 is 30.6 Å². The molecule has 0 saturated heterocycles. The van der Waals surface area contributed by atoms with Crippen LogP contribution in [0.5, 0.6) is 0 Å². The molecule has 0 amide bonds. The highest BCUT2D eigenvalue weighted by Gasteiger charge is 2.41. The lowest BCUT2D eigenvalue weighted by Gasteiger charge is -2.34. The molecule has 36 heavy (non-hydrogen) atoms. The van der Waals surface area contributed by atoms with Gasteiger partial charge in [0.15, 0.2) is 13.4 Å². The van der Waals surface area contributed by atoms with E-state index in [9.17, 15) is 0 Å². The minimum absolute atomic E-state index is 1.15. The van der Waals surface area contributed by atoms with Crippen molar-refractivity contribution in [3.05, 3.63) is 109 Å². The van der Waals surface area contributed by atoms with Crippen molar-refractivity contribution in [2.24, 2.45) is 0 Å². The summed E-state index contributed by atoms with van der Waals surface area (Å²) in [5.74, 6) is 0. The van der Waals surface area contributed by atoms with E-state index in [0.717, 1.165) is 24.9 Å². The smallest absolute Gasteiger partial charge is 0.114 e. The maximum atomic E-state index is 4.49. The normalized spacial score (nSPS) is 15.0. The SMILES string of the molecule is CCC[Si](Br)(c1ccccc1)c1c2ccccc2c([Si](Br)(CCC)c2ccccc2)c2ccccc12. The van der Waals surface area contributed by atoms with Crippen molar-refractivity contribution in [2.75, 3.05) is 0 Å². The summed E-state index contributed by atoms with van der Waals surface area (Å²) in [5, 5.41) is 11.6. The van der Waals surface area contributed by atoms with Crippen LogP contribution in [0.15, 0.2) is 109 Å². The number of fused-ring (bicyclic) bond motifs is 2. The standard InChI is InChI=1S/C32H32Br2Si2/c1-3-23-35(33,25-15-7-5-8-16-25)31-27-19-11-13-21-29(27)32(30-22-14-12-20-28(30)31)36(34,24-4-2)26-17-9-6-10-18-26/h5-22H,3-4,23-24H2,1-2H3. The molecule has 2 atom stereocenters. The van der Waals surface area contributed by atoms with E-state index in [-0.39, 0.29) is 0 Å². The second-order valence-corrected chi connectivity index (χ2v) is 24.2. The fourth-order valence-electron chi connectivity index (χ4n) is 5.90. The number of hydrogen-bond donors (Lipinski definition) is 0. The Balaban J connectivity index is 1.96. The quantitative estimate of drug-likeness (QED) is 0.0934. The Morgan fingerprint density at radius 1 is 0.444 bits per heavy atom. The minimum atomic E-state index is -2.20. The van der Waals surface area contributed by atoms with Crippen molar-refractivity contribution in [1.82, 2.24) is 0 Å². The molecule has 5 aromatic rings. The Kier molecular flexibility index (Phi) is 7.68. The lowest BCUT2D eigenvalue weighted by molar-refractivity contribution is 1.07. The zero-order valence-electron chi connectivity index (χ0n) is 21.0. The third kappa shape index (κ3) is 4.36. The molecule has 0 saturated carbocycles. The molecule has 2 unspecified atom stereocenters. The van der Waals surface area contributed by atoms with Crippen LogP contribution in [0.2, 0.25) is 12.1 Å². The Bertz CT molecular complexity index is 1320. The van der Waals surface area contributed by atoms with Crippen LogP contribution in [0.4, 0.5) is 0 Å². The first-order valence-corrected chi connectivity index (χ1v) is 21.9. The van der Waals surface area contributed by atoms with Crippen LogP contribution in [0.3, 0.4) is 0 Å². The fourth-order valence-corrected chi connectivity index (χ4v) is 19.5. The lowest BCUT2D eigenvalue weighted by Crippen LogP contribution is -2.57. The van der Waals surface area contributed by atoms with Crippen LogP contribution in [-0.4, -0.2) is 13.4 Å². The highest BCUT2D eigenvalue weighted by atomic mass is 79.9. The van der Waals surface area contributed by atoms with Crippen molar-refractivity contribution >= 4 is 86.3 Å². The van der Waals surface area contributed by atoms with E-state index in [0.29, 0.717) is 0 Å². The number of benzene rings is 5. The van der Waals surface area contributed by atoms with Gasteiger partial charge in [0.1, 0.15) is 0 Å². The van der Waals surface area contributed by atoms with E-state index >= 15 is 0 Å². The first kappa shape index (κ1) is 25.7. The van der Waals surface area contributed by atoms with E-state index in [1.807, 2.05) is 0 Å². The zero-order valence-corrected chi connectivity index (χ0v) is 26.1. The molecule has 4 heteroatoms. The highest BCUT2D eigenvalue weighted by Crippen LogP contribution is 2.33. The summed E-state index contributed by atoms with van der Waals surface area (Å²) in [7, 11) is 0. The third-order valence-electron chi connectivity index (χ3n) is 7.38. The molecule has 0 aliphatic carbocycles. The Labute approximate surface area is 232 Å². The van der Waals surface area contributed by atoms with Gasteiger partial charge in [-0.15, -0.1) is 30.6 Å². The van der Waals surface area contributed by atoms with Gasteiger partial charge in [0.2, 0.25) is 0 Å². The number of halogens is 2. The van der Waals surface area contributed by atoms with Gasteiger partial charge in [-0.25, -0.2) is 0 Å². The van der Waals surface area contributed by atoms with Crippen molar-refractivity contribution in [3.63, 3.8) is 0 Å².